The van der Waals surface area contributed by atoms with Gasteiger partial charge in [-0.1, -0.05) is 0 Å². The number of aromatic nitrogens is 2. The normalized spacial score (nSPS) is 15.5. The number of nitrogens with one attached hydrogen (secondary N) is 2. The molecule has 1 atom stereocenters. The van der Waals surface area contributed by atoms with E-state index in [-0.39, 0.29) is 36.2 Å². The Hall–Kier alpha value is -4.08. The lowest BCUT2D eigenvalue weighted by Gasteiger charge is -2.31. The molecule has 0 saturated carbocycles. The summed E-state index contributed by atoms with van der Waals surface area (Å²) < 4.78 is 43.1. The lowest BCUT2D eigenvalue weighted by atomic mass is 10.1. The largest absolute Gasteiger partial charge is 0.453 e. The van der Waals surface area contributed by atoms with Crippen molar-refractivity contribution in [2.75, 3.05) is 25.6 Å². The summed E-state index contributed by atoms with van der Waals surface area (Å²) in [6.07, 6.45) is -7.05. The van der Waals surface area contributed by atoms with Crippen LogP contribution >= 0.6 is 0 Å². The number of carbonyl (C=O) groups is 3. The summed E-state index contributed by atoms with van der Waals surface area (Å²) in [5.74, 6) is -1.77. The standard InChI is InChI=1S/C20H19F3N6O4/c1-11-9-28(10-25-17(30)7-20(21,22)23)18(31)16-6-15(27-29(11)16)13-4-3-12(8-24)5-14(13)26-19(32)33-2/h3-6,11H,7,9-10H2,1-2H3,(H,25,30)(H,26,32)/t11-/m0/s1. The van der Waals surface area contributed by atoms with Crippen molar-refractivity contribution in [2.24, 2.45) is 0 Å². The van der Waals surface area contributed by atoms with Crippen molar-refractivity contribution >= 4 is 23.6 Å². The second-order valence-corrected chi connectivity index (χ2v) is 7.27. The van der Waals surface area contributed by atoms with Gasteiger partial charge in [0.05, 0.1) is 42.8 Å². The fourth-order valence-corrected chi connectivity index (χ4v) is 3.33. The Balaban J connectivity index is 1.86. The van der Waals surface area contributed by atoms with Gasteiger partial charge >= 0.3 is 12.3 Å². The zero-order valence-electron chi connectivity index (χ0n) is 17.6. The summed E-state index contributed by atoms with van der Waals surface area (Å²) in [7, 11) is 1.18. The average molecular weight is 464 g/mol. The van der Waals surface area contributed by atoms with Crippen LogP contribution < -0.4 is 10.6 Å². The predicted molar refractivity (Wildman–Crippen MR) is 108 cm³/mol. The van der Waals surface area contributed by atoms with E-state index in [1.54, 1.807) is 13.0 Å². The van der Waals surface area contributed by atoms with Gasteiger partial charge in [-0.15, -0.1) is 0 Å². The minimum Gasteiger partial charge on any atom is -0.453 e. The molecule has 2 heterocycles. The average Bonchev–Trinajstić information content (AvgIpc) is 3.20. The van der Waals surface area contributed by atoms with Crippen molar-refractivity contribution in [3.63, 3.8) is 0 Å². The summed E-state index contributed by atoms with van der Waals surface area (Å²) in [5.41, 5.74) is 1.42. The third-order valence-corrected chi connectivity index (χ3v) is 4.82. The first kappa shape index (κ1) is 23.6. The first-order chi connectivity index (χ1) is 15.5. The fraction of sp³-hybridized carbons (Fsp3) is 0.350. The number of fused-ring (bicyclic) bond motifs is 1. The summed E-state index contributed by atoms with van der Waals surface area (Å²) >= 11 is 0. The number of nitrogens with zero attached hydrogens (tertiary/aromatic N) is 4. The Kier molecular flexibility index (Phi) is 6.57. The Bertz CT molecular complexity index is 1140. The number of hydrogen-bond donors (Lipinski definition) is 2. The maximum Gasteiger partial charge on any atom is 0.411 e. The Labute approximate surface area is 185 Å². The highest BCUT2D eigenvalue weighted by atomic mass is 19.4. The maximum atomic E-state index is 12.9. The topological polar surface area (TPSA) is 129 Å². The smallest absolute Gasteiger partial charge is 0.411 e. The number of amides is 3. The van der Waals surface area contributed by atoms with Crippen LogP contribution in [0.2, 0.25) is 0 Å². The zero-order chi connectivity index (χ0) is 24.3. The first-order valence-electron chi connectivity index (χ1n) is 9.64. The number of benzene rings is 1. The van der Waals surface area contributed by atoms with E-state index in [1.165, 1.54) is 34.9 Å². The molecule has 0 unspecified atom stereocenters. The second kappa shape index (κ2) is 9.19. The molecule has 0 aliphatic carbocycles. The van der Waals surface area contributed by atoms with Crippen LogP contribution in [0, 0.1) is 11.3 Å². The molecule has 33 heavy (non-hydrogen) atoms. The minimum absolute atomic E-state index is 0.111. The third-order valence-electron chi connectivity index (χ3n) is 4.82. The molecule has 1 aliphatic heterocycles. The molecule has 13 heteroatoms. The van der Waals surface area contributed by atoms with Gasteiger partial charge in [0.1, 0.15) is 12.1 Å². The van der Waals surface area contributed by atoms with E-state index < -0.39 is 30.5 Å². The molecule has 10 nitrogen and oxygen atoms in total. The van der Waals surface area contributed by atoms with E-state index in [0.717, 1.165) is 0 Å². The molecule has 1 aromatic heterocycles. The molecule has 0 fully saturated rings. The lowest BCUT2D eigenvalue weighted by molar-refractivity contribution is -0.154. The van der Waals surface area contributed by atoms with Crippen LogP contribution in [0.4, 0.5) is 23.7 Å². The van der Waals surface area contributed by atoms with Crippen molar-refractivity contribution < 1.29 is 32.3 Å². The van der Waals surface area contributed by atoms with Gasteiger partial charge in [-0.25, -0.2) is 4.79 Å². The fourth-order valence-electron chi connectivity index (χ4n) is 3.33. The molecule has 174 valence electrons. The molecule has 0 bridgehead atoms. The number of methoxy groups -OCH3 is 1. The Morgan fingerprint density at radius 2 is 2.06 bits per heavy atom. The predicted octanol–water partition coefficient (Wildman–Crippen LogP) is 2.64. The highest BCUT2D eigenvalue weighted by molar-refractivity contribution is 5.96. The summed E-state index contributed by atoms with van der Waals surface area (Å²) in [4.78, 5) is 37.3. The van der Waals surface area contributed by atoms with Crippen LogP contribution in [-0.2, 0) is 9.53 Å². The Morgan fingerprint density at radius 1 is 1.33 bits per heavy atom. The molecule has 0 spiro atoms. The van der Waals surface area contributed by atoms with Crippen LogP contribution in [0.25, 0.3) is 11.3 Å². The van der Waals surface area contributed by atoms with E-state index in [9.17, 15) is 27.6 Å². The highest BCUT2D eigenvalue weighted by Gasteiger charge is 2.34. The van der Waals surface area contributed by atoms with E-state index in [1.807, 2.05) is 6.07 Å². The summed E-state index contributed by atoms with van der Waals surface area (Å²) in [6, 6.07) is 7.58. The quantitative estimate of drug-likeness (QED) is 0.700. The molecule has 0 radical (unpaired) electrons. The van der Waals surface area contributed by atoms with Crippen molar-refractivity contribution in [1.29, 1.82) is 5.26 Å². The van der Waals surface area contributed by atoms with E-state index in [4.69, 9.17) is 5.26 Å². The van der Waals surface area contributed by atoms with E-state index in [2.05, 4.69) is 20.5 Å². The second-order valence-electron chi connectivity index (χ2n) is 7.27. The number of halogens is 3. The number of nitriles is 1. The zero-order valence-corrected chi connectivity index (χ0v) is 17.6. The lowest BCUT2D eigenvalue weighted by Crippen LogP contribution is -2.48. The van der Waals surface area contributed by atoms with E-state index in [0.29, 0.717) is 11.3 Å². The molecule has 0 saturated heterocycles. The number of rotatable bonds is 5. The van der Waals surface area contributed by atoms with Crippen LogP contribution in [0.5, 0.6) is 0 Å². The van der Waals surface area contributed by atoms with Crippen LogP contribution in [0.3, 0.4) is 0 Å². The van der Waals surface area contributed by atoms with Gasteiger partial charge < -0.3 is 15.0 Å². The molecule has 3 amide bonds. The SMILES string of the molecule is COC(=O)Nc1cc(C#N)ccc1-c1cc2n(n1)[C@@H](C)CN(CNC(=O)CC(F)(F)F)C2=O. The number of alkyl halides is 3. The van der Waals surface area contributed by atoms with Crippen LogP contribution in [-0.4, -0.2) is 59.1 Å². The molecule has 2 aromatic rings. The first-order valence-corrected chi connectivity index (χ1v) is 9.64. The van der Waals surface area contributed by atoms with Gasteiger partial charge in [0.25, 0.3) is 5.91 Å². The summed E-state index contributed by atoms with van der Waals surface area (Å²) in [6.45, 7) is 1.48. The van der Waals surface area contributed by atoms with Gasteiger partial charge in [0.2, 0.25) is 5.91 Å². The van der Waals surface area contributed by atoms with Gasteiger partial charge in [-0.05, 0) is 31.2 Å². The molecule has 1 aromatic carbocycles. The van der Waals surface area contributed by atoms with Crippen molar-refractivity contribution in [2.45, 2.75) is 25.6 Å². The Morgan fingerprint density at radius 3 is 2.70 bits per heavy atom. The summed E-state index contributed by atoms with van der Waals surface area (Å²) in [5, 5.41) is 18.2. The number of anilines is 1. The number of carbonyl (C=O) groups excluding carboxylic acids is 3. The molecular weight excluding hydrogens is 445 g/mol. The number of hydrogen-bond acceptors (Lipinski definition) is 6. The van der Waals surface area contributed by atoms with Gasteiger partial charge in [-0.2, -0.15) is 23.5 Å². The van der Waals surface area contributed by atoms with Crippen molar-refractivity contribution in [3.05, 3.63) is 35.5 Å². The third kappa shape index (κ3) is 5.40. The van der Waals surface area contributed by atoms with Crippen molar-refractivity contribution in [3.8, 4) is 17.3 Å². The van der Waals surface area contributed by atoms with Gasteiger partial charge in [0, 0.05) is 12.1 Å². The van der Waals surface area contributed by atoms with Crippen molar-refractivity contribution in [1.82, 2.24) is 20.0 Å². The van der Waals surface area contributed by atoms with Crippen LogP contribution in [0.1, 0.15) is 35.4 Å². The molecule has 1 aliphatic rings. The van der Waals surface area contributed by atoms with Crippen LogP contribution in [0.15, 0.2) is 24.3 Å². The molecular formula is C20H19F3N6O4. The monoisotopic (exact) mass is 464 g/mol. The molecule has 3 rings (SSSR count). The maximum absolute atomic E-state index is 12.9. The van der Waals surface area contributed by atoms with Gasteiger partial charge in [-0.3, -0.25) is 19.6 Å². The number of ether oxygens (including phenoxy) is 1. The highest BCUT2D eigenvalue weighted by Crippen LogP contribution is 2.31. The van der Waals surface area contributed by atoms with Gasteiger partial charge in [0.15, 0.2) is 0 Å². The van der Waals surface area contributed by atoms with E-state index >= 15 is 0 Å². The molecule has 2 N–H and O–H groups in total. The minimum atomic E-state index is -4.65.